The van der Waals surface area contributed by atoms with Gasteiger partial charge in [0.15, 0.2) is 5.70 Å². The molecular weight excluding hydrogens is 244 g/mol. The predicted molar refractivity (Wildman–Crippen MR) is 54.6 cm³/mol. The van der Waals surface area contributed by atoms with Crippen LogP contribution in [0, 0.1) is 5.92 Å². The van der Waals surface area contributed by atoms with Crippen molar-refractivity contribution in [3.05, 3.63) is 11.5 Å². The van der Waals surface area contributed by atoms with Gasteiger partial charge in [0.2, 0.25) is 0 Å². The molecule has 3 heterocycles. The number of carboxylic acid groups (broad SMARTS) is 2. The van der Waals surface area contributed by atoms with Crippen LogP contribution in [0.2, 0.25) is 0 Å². The summed E-state index contributed by atoms with van der Waals surface area (Å²) in [5, 5.41) is 27.6. The lowest BCUT2D eigenvalue weighted by Gasteiger charge is -2.48. The number of amides is 2. The molecule has 0 radical (unpaired) electrons. The van der Waals surface area contributed by atoms with Gasteiger partial charge < -0.3 is 15.3 Å². The van der Waals surface area contributed by atoms with Gasteiger partial charge in [-0.1, -0.05) is 0 Å². The number of hydrogen-bond donors (Lipinski definition) is 3. The third-order valence-electron chi connectivity index (χ3n) is 3.78. The number of carbonyl (C=O) groups is 3. The van der Waals surface area contributed by atoms with Gasteiger partial charge in [-0.15, -0.1) is 0 Å². The molecule has 3 aliphatic heterocycles. The topological polar surface area (TPSA) is 118 Å². The molecule has 2 amide bonds. The van der Waals surface area contributed by atoms with E-state index in [0.717, 1.165) is 9.80 Å². The Kier molecular flexibility index (Phi) is 1.90. The van der Waals surface area contributed by atoms with Gasteiger partial charge in [0.05, 0.1) is 6.04 Å². The summed E-state index contributed by atoms with van der Waals surface area (Å²) in [6.45, 7) is 0.143. The van der Waals surface area contributed by atoms with Crippen molar-refractivity contribution in [1.82, 2.24) is 9.80 Å². The summed E-state index contributed by atoms with van der Waals surface area (Å²) in [7, 11) is 0. The molecule has 96 valence electrons. The molecule has 0 bridgehead atoms. The standard InChI is InChI=1S/C10H10N2O6/c13-4-1-3-2-11(10(17)18)7-5(3)12(8(7)14)6(4)9(15)16/h3,5,7,13H,1-2H2,(H,15,16)(H,17,18)/t3-,5?,7+/m1/s1. The molecule has 18 heavy (non-hydrogen) atoms. The summed E-state index contributed by atoms with van der Waals surface area (Å²) in [6, 6.07) is -1.24. The minimum absolute atomic E-state index is 0.0936. The summed E-state index contributed by atoms with van der Waals surface area (Å²) in [6.07, 6.45) is -1.10. The van der Waals surface area contributed by atoms with E-state index in [1.54, 1.807) is 0 Å². The van der Waals surface area contributed by atoms with Crippen LogP contribution in [0.4, 0.5) is 4.79 Å². The number of aliphatic hydroxyl groups excluding tert-OH is 1. The molecule has 1 unspecified atom stereocenters. The number of carboxylic acids is 1. The van der Waals surface area contributed by atoms with Gasteiger partial charge in [-0.25, -0.2) is 9.59 Å². The first-order chi connectivity index (χ1) is 8.43. The molecule has 3 N–H and O–H groups in total. The molecule has 8 heteroatoms. The first-order valence-corrected chi connectivity index (χ1v) is 5.41. The zero-order valence-corrected chi connectivity index (χ0v) is 9.11. The van der Waals surface area contributed by atoms with Gasteiger partial charge in [0.1, 0.15) is 11.8 Å². The number of rotatable bonds is 1. The number of nitrogens with zero attached hydrogens (tertiary/aromatic N) is 2. The van der Waals surface area contributed by atoms with Crippen LogP contribution in [0.15, 0.2) is 11.5 Å². The monoisotopic (exact) mass is 254 g/mol. The summed E-state index contributed by atoms with van der Waals surface area (Å²) < 4.78 is 0. The van der Waals surface area contributed by atoms with Crippen molar-refractivity contribution in [2.45, 2.75) is 18.5 Å². The third-order valence-corrected chi connectivity index (χ3v) is 3.78. The van der Waals surface area contributed by atoms with Crippen molar-refractivity contribution in [3.63, 3.8) is 0 Å². The predicted octanol–water partition coefficient (Wildman–Crippen LogP) is -0.566. The van der Waals surface area contributed by atoms with Crippen LogP contribution < -0.4 is 0 Å². The van der Waals surface area contributed by atoms with Gasteiger partial charge in [-0.2, -0.15) is 0 Å². The number of likely N-dealkylation sites (tertiary alicyclic amines) is 1. The van der Waals surface area contributed by atoms with E-state index in [9.17, 15) is 19.5 Å². The molecule has 8 nitrogen and oxygen atoms in total. The van der Waals surface area contributed by atoms with Crippen molar-refractivity contribution in [2.24, 2.45) is 5.92 Å². The highest BCUT2D eigenvalue weighted by atomic mass is 16.4. The number of β-lactam (4-membered cyclic amide) rings is 1. The highest BCUT2D eigenvalue weighted by Gasteiger charge is 2.64. The van der Waals surface area contributed by atoms with Crippen LogP contribution in [-0.2, 0) is 9.59 Å². The van der Waals surface area contributed by atoms with Crippen molar-refractivity contribution >= 4 is 18.0 Å². The number of allylic oxidation sites excluding steroid dienone is 1. The average Bonchev–Trinajstić information content (AvgIpc) is 2.63. The van der Waals surface area contributed by atoms with Gasteiger partial charge in [0, 0.05) is 18.9 Å². The maximum absolute atomic E-state index is 11.8. The Bertz CT molecular complexity index is 512. The first kappa shape index (κ1) is 10.9. The summed E-state index contributed by atoms with van der Waals surface area (Å²) in [5.41, 5.74) is -0.412. The maximum atomic E-state index is 11.8. The fourth-order valence-corrected chi connectivity index (χ4v) is 3.11. The lowest BCUT2D eigenvalue weighted by Crippen LogP contribution is -2.69. The third kappa shape index (κ3) is 1.07. The van der Waals surface area contributed by atoms with Gasteiger partial charge >= 0.3 is 12.1 Å². The van der Waals surface area contributed by atoms with Crippen LogP contribution in [0.25, 0.3) is 0 Å². The SMILES string of the molecule is O=C(O)C1=C(O)C[C@@H]2CN(C(=O)O)[C@@H]3C(=O)N1C23. The van der Waals surface area contributed by atoms with E-state index in [-0.39, 0.29) is 24.6 Å². The zero-order valence-electron chi connectivity index (χ0n) is 9.11. The highest BCUT2D eigenvalue weighted by molar-refractivity contribution is 6.01. The van der Waals surface area contributed by atoms with Crippen LogP contribution in [0.5, 0.6) is 0 Å². The second kappa shape index (κ2) is 3.15. The van der Waals surface area contributed by atoms with E-state index >= 15 is 0 Å². The molecule has 0 aromatic carbocycles. The summed E-state index contributed by atoms with van der Waals surface area (Å²) in [5.74, 6) is -2.53. The van der Waals surface area contributed by atoms with Crippen molar-refractivity contribution in [3.8, 4) is 0 Å². The Labute approximate surface area is 101 Å². The molecule has 0 spiro atoms. The Morgan fingerprint density at radius 2 is 1.94 bits per heavy atom. The quantitative estimate of drug-likeness (QED) is 0.539. The minimum Gasteiger partial charge on any atom is -0.510 e. The van der Waals surface area contributed by atoms with E-state index in [1.165, 1.54) is 0 Å². The lowest BCUT2D eigenvalue weighted by molar-refractivity contribution is -0.156. The molecule has 2 fully saturated rings. The summed E-state index contributed by atoms with van der Waals surface area (Å²) >= 11 is 0. The normalized spacial score (nSPS) is 33.3. The smallest absolute Gasteiger partial charge is 0.408 e. The highest BCUT2D eigenvalue weighted by Crippen LogP contribution is 2.46. The fourth-order valence-electron chi connectivity index (χ4n) is 3.11. The zero-order chi connectivity index (χ0) is 13.2. The molecule has 0 aliphatic carbocycles. The molecule has 3 rings (SSSR count). The van der Waals surface area contributed by atoms with Crippen LogP contribution >= 0.6 is 0 Å². The number of aliphatic hydroxyl groups is 1. The fraction of sp³-hybridized carbons (Fsp3) is 0.500. The summed E-state index contributed by atoms with van der Waals surface area (Å²) in [4.78, 5) is 35.9. The van der Waals surface area contributed by atoms with E-state index in [1.807, 2.05) is 0 Å². The number of carbonyl (C=O) groups excluding carboxylic acids is 1. The number of hydrogen-bond acceptors (Lipinski definition) is 4. The van der Waals surface area contributed by atoms with Crippen LogP contribution in [-0.4, -0.2) is 61.7 Å². The second-order valence-corrected chi connectivity index (χ2v) is 4.64. The van der Waals surface area contributed by atoms with E-state index in [2.05, 4.69) is 0 Å². The Balaban J connectivity index is 2.00. The largest absolute Gasteiger partial charge is 0.510 e. The first-order valence-electron chi connectivity index (χ1n) is 5.41. The molecule has 3 atom stereocenters. The van der Waals surface area contributed by atoms with Crippen LogP contribution in [0.3, 0.4) is 0 Å². The molecular formula is C10H10N2O6. The van der Waals surface area contributed by atoms with Crippen molar-refractivity contribution in [2.75, 3.05) is 6.54 Å². The van der Waals surface area contributed by atoms with Crippen molar-refractivity contribution in [1.29, 1.82) is 0 Å². The second-order valence-electron chi connectivity index (χ2n) is 4.64. The van der Waals surface area contributed by atoms with E-state index < -0.39 is 35.8 Å². The lowest BCUT2D eigenvalue weighted by atomic mass is 9.82. The Hall–Kier alpha value is -2.25. The van der Waals surface area contributed by atoms with Gasteiger partial charge in [0.25, 0.3) is 5.91 Å². The van der Waals surface area contributed by atoms with Crippen LogP contribution in [0.1, 0.15) is 6.42 Å². The molecule has 0 saturated carbocycles. The van der Waals surface area contributed by atoms with Gasteiger partial charge in [-0.05, 0) is 0 Å². The minimum atomic E-state index is -1.37. The van der Waals surface area contributed by atoms with Crippen molar-refractivity contribution < 1.29 is 29.7 Å². The number of aliphatic carboxylic acids is 1. The molecule has 0 aromatic heterocycles. The average molecular weight is 254 g/mol. The molecule has 3 aliphatic rings. The molecule has 0 aromatic rings. The Morgan fingerprint density at radius 1 is 1.28 bits per heavy atom. The van der Waals surface area contributed by atoms with Gasteiger partial charge in [-0.3, -0.25) is 14.6 Å². The molecule has 2 saturated heterocycles. The van der Waals surface area contributed by atoms with E-state index in [0.29, 0.717) is 0 Å². The maximum Gasteiger partial charge on any atom is 0.408 e. The van der Waals surface area contributed by atoms with E-state index in [4.69, 9.17) is 10.2 Å². The Morgan fingerprint density at radius 3 is 2.50 bits per heavy atom.